The van der Waals surface area contributed by atoms with Gasteiger partial charge in [0.25, 0.3) is 5.91 Å². The van der Waals surface area contributed by atoms with Crippen molar-refractivity contribution < 1.29 is 18.7 Å². The third-order valence-electron chi connectivity index (χ3n) is 5.38. The zero-order valence-electron chi connectivity index (χ0n) is 18.7. The summed E-state index contributed by atoms with van der Waals surface area (Å²) in [7, 11) is 1.59. The highest BCUT2D eigenvalue weighted by Gasteiger charge is 2.20. The fourth-order valence-electron chi connectivity index (χ4n) is 3.64. The molecule has 34 heavy (non-hydrogen) atoms. The lowest BCUT2D eigenvalue weighted by atomic mass is 10.0. The summed E-state index contributed by atoms with van der Waals surface area (Å²) in [5.74, 6) is -0.229. The second-order valence-electron chi connectivity index (χ2n) is 7.55. The molecule has 0 radical (unpaired) electrons. The Labute approximate surface area is 195 Å². The maximum atomic E-state index is 13.3. The molecule has 4 rings (SSSR count). The van der Waals surface area contributed by atoms with Gasteiger partial charge in [-0.2, -0.15) is 5.10 Å². The van der Waals surface area contributed by atoms with Crippen LogP contribution in [0.2, 0.25) is 0 Å². The number of carbonyl (C=O) groups excluding carboxylic acids is 2. The van der Waals surface area contributed by atoms with Crippen LogP contribution in [0.3, 0.4) is 0 Å². The van der Waals surface area contributed by atoms with Crippen LogP contribution in [0.25, 0.3) is 5.52 Å². The molecule has 4 aromatic rings. The second kappa shape index (κ2) is 9.99. The van der Waals surface area contributed by atoms with Gasteiger partial charge in [-0.1, -0.05) is 6.07 Å². The highest BCUT2D eigenvalue weighted by atomic mass is 19.1. The molecular weight excluding hydrogens is 435 g/mol. The van der Waals surface area contributed by atoms with Crippen LogP contribution in [-0.2, 0) is 4.79 Å². The van der Waals surface area contributed by atoms with E-state index in [-0.39, 0.29) is 18.2 Å². The Balaban J connectivity index is 1.50. The number of fused-ring (bicyclic) bond motifs is 1. The van der Waals surface area contributed by atoms with Gasteiger partial charge in [-0.25, -0.2) is 9.82 Å². The average Bonchev–Trinajstić information content (AvgIpc) is 3.14. The van der Waals surface area contributed by atoms with Gasteiger partial charge in [0.2, 0.25) is 5.78 Å². The number of rotatable bonds is 8. The number of ether oxygens (including phenoxy) is 1. The smallest absolute Gasteiger partial charge is 0.259 e. The van der Waals surface area contributed by atoms with Gasteiger partial charge in [0.05, 0.1) is 31.1 Å². The van der Waals surface area contributed by atoms with Crippen LogP contribution >= 0.6 is 0 Å². The number of hydrogen-bond acceptors (Lipinski definition) is 5. The molecule has 0 spiro atoms. The summed E-state index contributed by atoms with van der Waals surface area (Å²) < 4.78 is 20.2. The Morgan fingerprint density at radius 1 is 1.06 bits per heavy atom. The quantitative estimate of drug-likeness (QED) is 0.236. The standard InChI is InChI=1S/C26H23FN4O3/c1-17-22(15-29-30-24(32)16-28-20-10-12-21(34-2)13-11-20)23-5-3-4-14-31(23)25(17)26(33)18-6-8-19(27)9-7-18/h3-15,28H,16H2,1-2H3,(H,30,32)/b29-15+. The zero-order valence-corrected chi connectivity index (χ0v) is 18.7. The maximum absolute atomic E-state index is 13.3. The number of hydrazone groups is 1. The van der Waals surface area contributed by atoms with E-state index < -0.39 is 5.82 Å². The molecule has 2 N–H and O–H groups in total. The first-order chi connectivity index (χ1) is 16.5. The number of nitrogens with zero attached hydrogens (tertiary/aromatic N) is 2. The van der Waals surface area contributed by atoms with Crippen molar-refractivity contribution in [2.45, 2.75) is 6.92 Å². The molecule has 0 bridgehead atoms. The molecule has 0 atom stereocenters. The van der Waals surface area contributed by atoms with Crippen LogP contribution in [0.15, 0.2) is 78.0 Å². The molecule has 0 saturated carbocycles. The fourth-order valence-corrected chi connectivity index (χ4v) is 3.64. The molecule has 0 aliphatic rings. The number of amides is 1. The van der Waals surface area contributed by atoms with Gasteiger partial charge in [0.15, 0.2) is 0 Å². The number of hydrogen-bond donors (Lipinski definition) is 2. The first-order valence-electron chi connectivity index (χ1n) is 10.6. The summed E-state index contributed by atoms with van der Waals surface area (Å²) in [5.41, 5.74) is 6.28. The van der Waals surface area contributed by atoms with Gasteiger partial charge >= 0.3 is 0 Å². The van der Waals surface area contributed by atoms with Crippen molar-refractivity contribution in [2.24, 2.45) is 5.10 Å². The lowest BCUT2D eigenvalue weighted by Gasteiger charge is -2.06. The van der Waals surface area contributed by atoms with Crippen molar-refractivity contribution in [3.8, 4) is 5.75 Å². The molecule has 0 aliphatic heterocycles. The molecule has 7 nitrogen and oxygen atoms in total. The average molecular weight is 458 g/mol. The summed E-state index contributed by atoms with van der Waals surface area (Å²) in [6, 6.07) is 18.2. The van der Waals surface area contributed by atoms with Crippen LogP contribution in [0.5, 0.6) is 5.75 Å². The molecule has 2 aromatic heterocycles. The Kier molecular flexibility index (Phi) is 6.68. The summed E-state index contributed by atoms with van der Waals surface area (Å²) >= 11 is 0. The lowest BCUT2D eigenvalue weighted by molar-refractivity contribution is -0.119. The third kappa shape index (κ3) is 4.80. The number of aromatic nitrogens is 1. The van der Waals surface area contributed by atoms with E-state index in [1.807, 2.05) is 37.3 Å². The molecule has 0 fully saturated rings. The molecule has 2 heterocycles. The molecular formula is C26H23FN4O3. The van der Waals surface area contributed by atoms with Crippen molar-refractivity contribution >= 4 is 29.1 Å². The van der Waals surface area contributed by atoms with Crippen LogP contribution in [-0.4, -0.2) is 36.0 Å². The minimum absolute atomic E-state index is 0.0352. The van der Waals surface area contributed by atoms with Crippen molar-refractivity contribution in [2.75, 3.05) is 19.0 Å². The topological polar surface area (TPSA) is 84.2 Å². The summed E-state index contributed by atoms with van der Waals surface area (Å²) in [4.78, 5) is 25.4. The summed E-state index contributed by atoms with van der Waals surface area (Å²) in [6.45, 7) is 1.85. The first kappa shape index (κ1) is 22.7. The largest absolute Gasteiger partial charge is 0.497 e. The Morgan fingerprint density at radius 3 is 2.50 bits per heavy atom. The van der Waals surface area contributed by atoms with E-state index in [0.717, 1.165) is 17.0 Å². The molecule has 2 aromatic carbocycles. The number of pyridine rings is 1. The number of benzene rings is 2. The van der Waals surface area contributed by atoms with Crippen LogP contribution in [0.1, 0.15) is 27.2 Å². The number of methoxy groups -OCH3 is 1. The van der Waals surface area contributed by atoms with E-state index in [4.69, 9.17) is 4.74 Å². The van der Waals surface area contributed by atoms with E-state index >= 15 is 0 Å². The molecule has 172 valence electrons. The van der Waals surface area contributed by atoms with E-state index in [1.165, 1.54) is 30.5 Å². The highest BCUT2D eigenvalue weighted by molar-refractivity contribution is 6.12. The van der Waals surface area contributed by atoms with E-state index in [0.29, 0.717) is 22.4 Å². The number of ketones is 1. The van der Waals surface area contributed by atoms with Gasteiger partial charge in [0.1, 0.15) is 11.6 Å². The van der Waals surface area contributed by atoms with Gasteiger partial charge < -0.3 is 14.5 Å². The van der Waals surface area contributed by atoms with Crippen molar-refractivity contribution in [1.82, 2.24) is 9.83 Å². The number of halogens is 1. The second-order valence-corrected chi connectivity index (χ2v) is 7.55. The molecule has 0 unspecified atom stereocenters. The highest BCUT2D eigenvalue weighted by Crippen LogP contribution is 2.24. The minimum atomic E-state index is -0.404. The first-order valence-corrected chi connectivity index (χ1v) is 10.6. The monoisotopic (exact) mass is 458 g/mol. The van der Waals surface area contributed by atoms with Crippen LogP contribution < -0.4 is 15.5 Å². The number of carbonyl (C=O) groups is 2. The maximum Gasteiger partial charge on any atom is 0.259 e. The van der Waals surface area contributed by atoms with Crippen LogP contribution in [0, 0.1) is 12.7 Å². The molecule has 1 amide bonds. The Bertz CT molecular complexity index is 1360. The van der Waals surface area contributed by atoms with Gasteiger partial charge in [0, 0.05) is 23.0 Å². The molecule has 8 heteroatoms. The van der Waals surface area contributed by atoms with Crippen molar-refractivity contribution in [3.63, 3.8) is 0 Å². The summed E-state index contributed by atoms with van der Waals surface area (Å²) in [5, 5.41) is 7.10. The minimum Gasteiger partial charge on any atom is -0.497 e. The molecule has 0 aliphatic carbocycles. The third-order valence-corrected chi connectivity index (χ3v) is 5.38. The number of nitrogens with one attached hydrogen (secondary N) is 2. The SMILES string of the molecule is COc1ccc(NCC(=O)N/N=C/c2c(C)c(C(=O)c3ccc(F)cc3)n3ccccc23)cc1. The number of anilines is 1. The Morgan fingerprint density at radius 2 is 1.79 bits per heavy atom. The normalized spacial score (nSPS) is 11.0. The summed E-state index contributed by atoms with van der Waals surface area (Å²) in [6.07, 6.45) is 3.31. The predicted molar refractivity (Wildman–Crippen MR) is 129 cm³/mol. The van der Waals surface area contributed by atoms with Crippen molar-refractivity contribution in [1.29, 1.82) is 0 Å². The zero-order chi connectivity index (χ0) is 24.1. The van der Waals surface area contributed by atoms with Gasteiger partial charge in [-0.05, 0) is 73.2 Å². The van der Waals surface area contributed by atoms with Gasteiger partial charge in [-0.15, -0.1) is 0 Å². The molecule has 0 saturated heterocycles. The van der Waals surface area contributed by atoms with E-state index in [9.17, 15) is 14.0 Å². The van der Waals surface area contributed by atoms with Gasteiger partial charge in [-0.3, -0.25) is 9.59 Å². The van der Waals surface area contributed by atoms with Crippen molar-refractivity contribution in [3.05, 3.63) is 101 Å². The predicted octanol–water partition coefficient (Wildman–Crippen LogP) is 4.19. The van der Waals surface area contributed by atoms with E-state index in [1.54, 1.807) is 29.8 Å². The lowest BCUT2D eigenvalue weighted by Crippen LogP contribution is -2.25. The fraction of sp³-hybridized carbons (Fsp3) is 0.115. The Hall–Kier alpha value is -4.46. The van der Waals surface area contributed by atoms with E-state index in [2.05, 4.69) is 15.8 Å². The van der Waals surface area contributed by atoms with Crippen LogP contribution in [0.4, 0.5) is 10.1 Å².